The molecule has 0 radical (unpaired) electrons. The Morgan fingerprint density at radius 3 is 2.58 bits per heavy atom. The third-order valence-corrected chi connectivity index (χ3v) is 7.01. The van der Waals surface area contributed by atoms with Crippen molar-refractivity contribution >= 4 is 17.7 Å². The van der Waals surface area contributed by atoms with Crippen LogP contribution in [0.25, 0.3) is 0 Å². The Balaban J connectivity index is 1.37. The first-order chi connectivity index (χ1) is 18.6. The molecule has 3 aliphatic heterocycles. The highest BCUT2D eigenvalue weighted by Crippen LogP contribution is 2.34. The molecule has 2 aromatic rings. The topological polar surface area (TPSA) is 88.2 Å². The second-order valence-corrected chi connectivity index (χ2v) is 11.5. The molecule has 1 N–H and O–H groups in total. The number of fused-ring (bicyclic) bond motifs is 1. The lowest BCUT2D eigenvalue weighted by Gasteiger charge is -2.47. The van der Waals surface area contributed by atoms with E-state index in [1.807, 2.05) is 27.7 Å². The number of amides is 3. The number of hydrogen-bond donors (Lipinski definition) is 1. The highest BCUT2D eigenvalue weighted by atomic mass is 19.1. The van der Waals surface area contributed by atoms with Gasteiger partial charge in [0.05, 0.1) is 20.5 Å². The molecule has 0 aliphatic carbocycles. The van der Waals surface area contributed by atoms with E-state index in [2.05, 4.69) is 10.2 Å². The number of ether oxygens (including phenoxy) is 2. The average molecular weight is 526 g/mol. The molecule has 5 rings (SSSR count). The predicted molar refractivity (Wildman–Crippen MR) is 138 cm³/mol. The van der Waals surface area contributed by atoms with Crippen molar-refractivity contribution in [3.8, 4) is 5.75 Å². The summed E-state index contributed by atoms with van der Waals surface area (Å²) in [5.74, 6) is -1.98. The summed E-state index contributed by atoms with van der Waals surface area (Å²) in [7, 11) is 0. The third kappa shape index (κ3) is 5.44. The molecule has 0 saturated carbocycles. The van der Waals surface area contributed by atoms with Gasteiger partial charge in [-0.1, -0.05) is 12.1 Å². The lowest BCUT2D eigenvalue weighted by molar-refractivity contribution is -0.182. The Kier molecular flexibility index (Phi) is 6.12. The summed E-state index contributed by atoms with van der Waals surface area (Å²) in [6.45, 7) is 7.36. The van der Waals surface area contributed by atoms with Gasteiger partial charge < -0.3 is 14.4 Å². The van der Waals surface area contributed by atoms with Gasteiger partial charge >= 0.3 is 0 Å². The van der Waals surface area contributed by atoms with Crippen molar-refractivity contribution in [1.29, 1.82) is 0 Å². The number of imide groups is 1. The number of nitrogens with zero attached hydrogens (tertiary/aromatic N) is 2. The first-order valence-corrected chi connectivity index (χ1v) is 12.8. The van der Waals surface area contributed by atoms with Crippen LogP contribution in [-0.2, 0) is 34.0 Å². The lowest BCUT2D eigenvalue weighted by atomic mass is 9.98. The van der Waals surface area contributed by atoms with E-state index in [9.17, 15) is 14.4 Å². The first kappa shape index (κ1) is 23.8. The summed E-state index contributed by atoms with van der Waals surface area (Å²) in [5.41, 5.74) is 0.445. The molecular formula is C29H34FN3O5. The van der Waals surface area contributed by atoms with Gasteiger partial charge in [-0.05, 0) is 63.9 Å². The van der Waals surface area contributed by atoms with E-state index in [1.54, 1.807) is 18.2 Å². The Labute approximate surface area is 224 Å². The molecule has 2 aromatic carbocycles. The van der Waals surface area contributed by atoms with Crippen LogP contribution >= 0.6 is 0 Å². The van der Waals surface area contributed by atoms with Crippen molar-refractivity contribution in [1.82, 2.24) is 15.1 Å². The molecule has 3 heterocycles. The number of carbonyl (C=O) groups excluding carboxylic acids is 3. The molecule has 2 fully saturated rings. The fourth-order valence-electron chi connectivity index (χ4n) is 5.83. The number of hydrogen-bond acceptors (Lipinski definition) is 6. The smallest absolute Gasteiger partial charge is 0.255 e. The van der Waals surface area contributed by atoms with Gasteiger partial charge in [-0.25, -0.2) is 4.39 Å². The van der Waals surface area contributed by atoms with E-state index in [-0.39, 0.29) is 53.4 Å². The van der Waals surface area contributed by atoms with Crippen LogP contribution in [0.2, 0.25) is 0 Å². The van der Waals surface area contributed by atoms with Gasteiger partial charge in [-0.2, -0.15) is 0 Å². The van der Waals surface area contributed by atoms with Crippen LogP contribution in [0.5, 0.6) is 5.75 Å². The number of morpholine rings is 1. The standard InChI is InChI=1S/C29H34FN3O5/c1-28(2)16-32(17-29(3,4)38-28)13-18-8-9-22(30)19(12-18)15-37-24-7-5-6-20-21(24)14-33(27(20)36)23-10-11-25(34)31-26(23)35/h5-9,12,23H,10-11,13-17H2,1-4H3,(H,31,34,35)/i15D2. The Morgan fingerprint density at radius 2 is 1.87 bits per heavy atom. The Hall–Kier alpha value is -3.30. The van der Waals surface area contributed by atoms with Crippen LogP contribution in [0.3, 0.4) is 0 Å². The highest BCUT2D eigenvalue weighted by molar-refractivity contribution is 6.05. The summed E-state index contributed by atoms with van der Waals surface area (Å²) >= 11 is 0. The first-order valence-electron chi connectivity index (χ1n) is 13.8. The molecule has 1 atom stereocenters. The van der Waals surface area contributed by atoms with E-state index < -0.39 is 30.2 Å². The maximum Gasteiger partial charge on any atom is 0.255 e. The molecule has 38 heavy (non-hydrogen) atoms. The molecule has 1 unspecified atom stereocenters. The van der Waals surface area contributed by atoms with E-state index in [4.69, 9.17) is 12.2 Å². The summed E-state index contributed by atoms with van der Waals surface area (Å²) in [6, 6.07) is 8.22. The van der Waals surface area contributed by atoms with Gasteiger partial charge in [0.2, 0.25) is 11.8 Å². The van der Waals surface area contributed by atoms with Crippen molar-refractivity contribution in [3.63, 3.8) is 0 Å². The van der Waals surface area contributed by atoms with Gasteiger partial charge in [0.25, 0.3) is 5.91 Å². The number of nitrogens with one attached hydrogen (secondary N) is 1. The number of piperidine rings is 1. The maximum atomic E-state index is 15.0. The molecular weight excluding hydrogens is 489 g/mol. The quantitative estimate of drug-likeness (QED) is 0.581. The monoisotopic (exact) mass is 525 g/mol. The van der Waals surface area contributed by atoms with Gasteiger partial charge in [0.1, 0.15) is 24.2 Å². The zero-order valence-corrected chi connectivity index (χ0v) is 22.1. The van der Waals surface area contributed by atoms with E-state index in [0.29, 0.717) is 25.2 Å². The number of rotatable bonds is 6. The Bertz CT molecular complexity index is 1360. The molecule has 2 saturated heterocycles. The zero-order valence-electron chi connectivity index (χ0n) is 24.1. The number of benzene rings is 2. The van der Waals surface area contributed by atoms with Gasteiger partial charge in [0, 0.05) is 42.7 Å². The van der Waals surface area contributed by atoms with Crippen LogP contribution in [0.15, 0.2) is 36.4 Å². The molecule has 0 bridgehead atoms. The average Bonchev–Trinajstić information content (AvgIpc) is 3.15. The molecule has 0 spiro atoms. The summed E-state index contributed by atoms with van der Waals surface area (Å²) in [5, 5.41) is 2.26. The molecule has 3 amide bonds. The summed E-state index contributed by atoms with van der Waals surface area (Å²) < 4.78 is 44.3. The van der Waals surface area contributed by atoms with Crippen LogP contribution < -0.4 is 10.1 Å². The van der Waals surface area contributed by atoms with Crippen molar-refractivity contribution < 1.29 is 31.0 Å². The number of halogens is 1. The predicted octanol–water partition coefficient (Wildman–Crippen LogP) is 3.56. The largest absolute Gasteiger partial charge is 0.488 e. The molecule has 8 nitrogen and oxygen atoms in total. The van der Waals surface area contributed by atoms with Gasteiger partial charge in [-0.3, -0.25) is 24.6 Å². The third-order valence-electron chi connectivity index (χ3n) is 7.01. The summed E-state index contributed by atoms with van der Waals surface area (Å²) in [4.78, 5) is 40.7. The van der Waals surface area contributed by atoms with Crippen LogP contribution in [-0.4, -0.2) is 57.9 Å². The fraction of sp³-hybridized carbons (Fsp3) is 0.483. The summed E-state index contributed by atoms with van der Waals surface area (Å²) in [6.07, 6.45) is 0.328. The molecule has 9 heteroatoms. The fourth-order valence-corrected chi connectivity index (χ4v) is 5.83. The minimum Gasteiger partial charge on any atom is -0.488 e. The van der Waals surface area contributed by atoms with Crippen LogP contribution in [0, 0.1) is 5.82 Å². The van der Waals surface area contributed by atoms with Crippen LogP contribution in [0.4, 0.5) is 4.39 Å². The van der Waals surface area contributed by atoms with E-state index in [1.165, 1.54) is 23.1 Å². The van der Waals surface area contributed by atoms with Crippen molar-refractivity contribution in [2.45, 2.75) is 77.4 Å². The lowest BCUT2D eigenvalue weighted by Crippen LogP contribution is -2.56. The second-order valence-electron chi connectivity index (χ2n) is 11.5. The molecule has 202 valence electrons. The maximum absolute atomic E-state index is 15.0. The minimum absolute atomic E-state index is 0.0117. The van der Waals surface area contributed by atoms with E-state index >= 15 is 4.39 Å². The van der Waals surface area contributed by atoms with Crippen molar-refractivity contribution in [2.75, 3.05) is 13.1 Å². The van der Waals surface area contributed by atoms with E-state index in [0.717, 1.165) is 5.56 Å². The normalized spacial score (nSPS) is 24.0. The second kappa shape index (κ2) is 9.78. The zero-order chi connectivity index (χ0) is 29.0. The highest BCUT2D eigenvalue weighted by Gasteiger charge is 2.40. The van der Waals surface area contributed by atoms with Gasteiger partial charge in [-0.15, -0.1) is 0 Å². The van der Waals surface area contributed by atoms with Crippen LogP contribution in [0.1, 0.15) is 70.3 Å². The molecule has 3 aliphatic rings. The van der Waals surface area contributed by atoms with Gasteiger partial charge in [0.15, 0.2) is 0 Å². The SMILES string of the molecule is [2H]C([2H])(Oc1cccc2c1CN(C1CCC(=O)NC1=O)C2=O)c1cc(CN2CC(C)(C)OC(C)(C)C2)ccc1F. The van der Waals surface area contributed by atoms with Crippen molar-refractivity contribution in [2.24, 2.45) is 0 Å². The van der Waals surface area contributed by atoms with Crippen molar-refractivity contribution in [3.05, 3.63) is 64.5 Å². The molecule has 0 aromatic heterocycles. The number of carbonyl (C=O) groups is 3. The Morgan fingerprint density at radius 1 is 1.13 bits per heavy atom. The minimum atomic E-state index is -2.55.